The molecule has 0 amide bonds. The molecule has 0 unspecified atom stereocenters. The van der Waals surface area contributed by atoms with E-state index in [1.807, 2.05) is 6.07 Å². The minimum atomic E-state index is 0.421. The molecule has 0 bridgehead atoms. The van der Waals surface area contributed by atoms with E-state index in [1.165, 1.54) is 0 Å². The topological polar surface area (TPSA) is 30.4 Å². The molecule has 1 aromatic rings. The zero-order valence-electron chi connectivity index (χ0n) is 7.33. The van der Waals surface area contributed by atoms with Crippen molar-refractivity contribution in [3.8, 4) is 0 Å². The molecular formula is C10H12N2. The van der Waals surface area contributed by atoms with Crippen molar-refractivity contribution in [3.63, 3.8) is 0 Å². The lowest BCUT2D eigenvalue weighted by molar-refractivity contribution is 0.870. The van der Waals surface area contributed by atoms with Crippen LogP contribution < -0.4 is 5.73 Å². The minimum absolute atomic E-state index is 0.421. The first-order chi connectivity index (χ1) is 5.65. The Hall–Kier alpha value is -1.49. The fourth-order valence-electron chi connectivity index (χ4n) is 1.16. The highest BCUT2D eigenvalue weighted by Gasteiger charge is 2.03. The average Bonchev–Trinajstić information content (AvgIpc) is 2.03. The highest BCUT2D eigenvalue weighted by atomic mass is 14.7. The van der Waals surface area contributed by atoms with Gasteiger partial charge in [-0.1, -0.05) is 26.0 Å². The van der Waals surface area contributed by atoms with Gasteiger partial charge in [0, 0.05) is 5.69 Å². The quantitative estimate of drug-likeness (QED) is 0.497. The summed E-state index contributed by atoms with van der Waals surface area (Å²) in [6.07, 6.45) is 0. The Bertz CT molecular complexity index is 321. The summed E-state index contributed by atoms with van der Waals surface area (Å²) >= 11 is 0. The predicted octanol–water partition coefficient (Wildman–Crippen LogP) is 2.94. The van der Waals surface area contributed by atoms with E-state index < -0.39 is 0 Å². The van der Waals surface area contributed by atoms with E-state index >= 15 is 0 Å². The van der Waals surface area contributed by atoms with Crippen LogP contribution in [-0.4, -0.2) is 0 Å². The zero-order chi connectivity index (χ0) is 9.14. The number of nitrogen functional groups attached to an aromatic ring is 1. The smallest absolute Gasteiger partial charge is 0.189 e. The molecule has 0 aliphatic rings. The molecule has 0 spiro atoms. The van der Waals surface area contributed by atoms with Crippen LogP contribution in [0.2, 0.25) is 0 Å². The maximum absolute atomic E-state index is 6.79. The van der Waals surface area contributed by atoms with Crippen LogP contribution in [0.4, 0.5) is 11.4 Å². The minimum Gasteiger partial charge on any atom is -0.400 e. The van der Waals surface area contributed by atoms with Crippen LogP contribution in [0.3, 0.4) is 0 Å². The molecule has 0 fully saturated rings. The lowest BCUT2D eigenvalue weighted by Gasteiger charge is -2.08. The van der Waals surface area contributed by atoms with E-state index in [1.54, 1.807) is 12.1 Å². The van der Waals surface area contributed by atoms with Gasteiger partial charge in [0.25, 0.3) is 0 Å². The zero-order valence-corrected chi connectivity index (χ0v) is 7.33. The predicted molar refractivity (Wildman–Crippen MR) is 51.2 cm³/mol. The van der Waals surface area contributed by atoms with Crippen LogP contribution in [0.1, 0.15) is 25.3 Å². The Labute approximate surface area is 72.8 Å². The number of hydrogen-bond acceptors (Lipinski definition) is 1. The van der Waals surface area contributed by atoms with E-state index in [-0.39, 0.29) is 0 Å². The summed E-state index contributed by atoms with van der Waals surface area (Å²) in [5.41, 5.74) is 8.20. The van der Waals surface area contributed by atoms with E-state index in [2.05, 4.69) is 18.7 Å². The summed E-state index contributed by atoms with van der Waals surface area (Å²) in [4.78, 5) is 3.30. The second-order valence-corrected chi connectivity index (χ2v) is 3.08. The van der Waals surface area contributed by atoms with Gasteiger partial charge in [0.05, 0.1) is 6.57 Å². The van der Waals surface area contributed by atoms with Crippen LogP contribution in [-0.2, 0) is 0 Å². The average molecular weight is 160 g/mol. The van der Waals surface area contributed by atoms with Gasteiger partial charge in [0.2, 0.25) is 0 Å². The van der Waals surface area contributed by atoms with Crippen molar-refractivity contribution in [2.75, 3.05) is 5.73 Å². The van der Waals surface area contributed by atoms with Crippen LogP contribution in [0.5, 0.6) is 0 Å². The molecule has 0 heterocycles. The van der Waals surface area contributed by atoms with Crippen LogP contribution in [0, 0.1) is 6.57 Å². The molecule has 2 heteroatoms. The first kappa shape index (κ1) is 8.61. The summed E-state index contributed by atoms with van der Waals surface area (Å²) in [7, 11) is 0. The Morgan fingerprint density at radius 2 is 2.08 bits per heavy atom. The van der Waals surface area contributed by atoms with Crippen LogP contribution in [0.15, 0.2) is 18.2 Å². The van der Waals surface area contributed by atoms with Gasteiger partial charge >= 0.3 is 0 Å². The van der Waals surface area contributed by atoms with Crippen molar-refractivity contribution in [1.29, 1.82) is 0 Å². The van der Waals surface area contributed by atoms with Gasteiger partial charge in [-0.15, -0.1) is 0 Å². The molecule has 12 heavy (non-hydrogen) atoms. The fourth-order valence-corrected chi connectivity index (χ4v) is 1.16. The summed E-state index contributed by atoms with van der Waals surface area (Å²) in [5, 5.41) is 0. The molecule has 0 aromatic heterocycles. The monoisotopic (exact) mass is 160 g/mol. The van der Waals surface area contributed by atoms with Crippen LogP contribution >= 0.6 is 0 Å². The highest BCUT2D eigenvalue weighted by molar-refractivity contribution is 5.60. The molecular weight excluding hydrogens is 148 g/mol. The first-order valence-corrected chi connectivity index (χ1v) is 3.92. The van der Waals surface area contributed by atoms with Gasteiger partial charge in [0.1, 0.15) is 0 Å². The number of nitrogens with zero attached hydrogens (tertiary/aromatic N) is 1. The van der Waals surface area contributed by atoms with E-state index in [4.69, 9.17) is 12.3 Å². The largest absolute Gasteiger partial charge is 0.400 e. The molecule has 0 saturated carbocycles. The molecule has 1 rings (SSSR count). The van der Waals surface area contributed by atoms with E-state index in [9.17, 15) is 0 Å². The third kappa shape index (κ3) is 1.57. The van der Waals surface area contributed by atoms with Gasteiger partial charge < -0.3 is 5.73 Å². The van der Waals surface area contributed by atoms with Crippen molar-refractivity contribution in [2.24, 2.45) is 0 Å². The number of anilines is 1. The van der Waals surface area contributed by atoms with E-state index in [0.29, 0.717) is 11.6 Å². The van der Waals surface area contributed by atoms with Gasteiger partial charge in [-0.05, 0) is 17.5 Å². The summed E-state index contributed by atoms with van der Waals surface area (Å²) in [6.45, 7) is 11.0. The van der Waals surface area contributed by atoms with Crippen molar-refractivity contribution in [1.82, 2.24) is 0 Å². The summed E-state index contributed by atoms with van der Waals surface area (Å²) in [6, 6.07) is 5.45. The van der Waals surface area contributed by atoms with Crippen LogP contribution in [0.25, 0.3) is 4.85 Å². The maximum Gasteiger partial charge on any atom is 0.189 e. The summed E-state index contributed by atoms with van der Waals surface area (Å²) in [5.74, 6) is 0.421. The SMILES string of the molecule is [C-]#[N+]c1ccc(C(C)C)c(N)c1. The molecule has 0 atom stereocenters. The van der Waals surface area contributed by atoms with Crippen molar-refractivity contribution >= 4 is 11.4 Å². The van der Waals surface area contributed by atoms with Crippen molar-refractivity contribution in [3.05, 3.63) is 35.2 Å². The first-order valence-electron chi connectivity index (χ1n) is 3.92. The van der Waals surface area contributed by atoms with Crippen molar-refractivity contribution in [2.45, 2.75) is 19.8 Å². The number of benzene rings is 1. The summed E-state index contributed by atoms with van der Waals surface area (Å²) < 4.78 is 0. The molecule has 2 N–H and O–H groups in total. The molecule has 0 aliphatic carbocycles. The van der Waals surface area contributed by atoms with Crippen molar-refractivity contribution < 1.29 is 0 Å². The third-order valence-corrected chi connectivity index (χ3v) is 1.82. The standard InChI is InChI=1S/C10H12N2/c1-7(2)9-5-4-8(12-3)6-10(9)11/h4-7H,11H2,1-2H3. The molecule has 2 nitrogen and oxygen atoms in total. The lowest BCUT2D eigenvalue weighted by Crippen LogP contribution is -1.94. The molecule has 0 aliphatic heterocycles. The Kier molecular flexibility index (Phi) is 2.35. The Balaban J connectivity index is 3.14. The van der Waals surface area contributed by atoms with E-state index in [0.717, 1.165) is 11.3 Å². The second kappa shape index (κ2) is 3.27. The lowest BCUT2D eigenvalue weighted by atomic mass is 10.0. The molecule has 1 aromatic carbocycles. The Morgan fingerprint density at radius 3 is 2.50 bits per heavy atom. The highest BCUT2D eigenvalue weighted by Crippen LogP contribution is 2.25. The number of rotatable bonds is 1. The normalized spacial score (nSPS) is 9.83. The van der Waals surface area contributed by atoms with Gasteiger partial charge in [-0.2, -0.15) is 0 Å². The van der Waals surface area contributed by atoms with Gasteiger partial charge in [0.15, 0.2) is 5.69 Å². The maximum atomic E-state index is 6.79. The number of nitrogens with two attached hydrogens (primary N) is 1. The molecule has 0 saturated heterocycles. The number of hydrogen-bond donors (Lipinski definition) is 1. The Morgan fingerprint density at radius 1 is 1.42 bits per heavy atom. The van der Waals surface area contributed by atoms with Gasteiger partial charge in [-0.3, -0.25) is 0 Å². The molecule has 62 valence electrons. The van der Waals surface area contributed by atoms with Gasteiger partial charge in [-0.25, -0.2) is 4.85 Å². The molecule has 0 radical (unpaired) electrons. The fraction of sp³-hybridized carbons (Fsp3) is 0.300. The second-order valence-electron chi connectivity index (χ2n) is 3.08. The third-order valence-electron chi connectivity index (χ3n) is 1.82.